The third-order valence-electron chi connectivity index (χ3n) is 3.48. The van der Waals surface area contributed by atoms with Crippen molar-refractivity contribution >= 4 is 23.4 Å². The van der Waals surface area contributed by atoms with Gasteiger partial charge in [0.05, 0.1) is 30.4 Å². The maximum atomic E-state index is 12.2. The SMILES string of the molecule is COc1ccccc1NC(=O)CSc1nnc(-c2ccoc2C)n1N. The van der Waals surface area contributed by atoms with Crippen LogP contribution in [0.15, 0.2) is 46.2 Å². The number of thioether (sulfide) groups is 1. The van der Waals surface area contributed by atoms with E-state index in [0.29, 0.717) is 28.2 Å². The summed E-state index contributed by atoms with van der Waals surface area (Å²) in [5.74, 6) is 7.75. The quantitative estimate of drug-likeness (QED) is 0.513. The second-order valence-corrected chi connectivity index (χ2v) is 6.05. The standard InChI is InChI=1S/C16H17N5O3S/c1-10-11(7-8-24-10)15-19-20-16(21(15)17)25-9-14(22)18-12-5-3-4-6-13(12)23-2/h3-8H,9,17H2,1-2H3,(H,18,22). The van der Waals surface area contributed by atoms with Gasteiger partial charge in [-0.1, -0.05) is 23.9 Å². The zero-order valence-corrected chi connectivity index (χ0v) is 14.5. The second kappa shape index (κ2) is 7.31. The highest BCUT2D eigenvalue weighted by Crippen LogP contribution is 2.26. The van der Waals surface area contributed by atoms with Gasteiger partial charge in [0.25, 0.3) is 0 Å². The number of para-hydroxylation sites is 2. The molecule has 0 spiro atoms. The number of furan rings is 1. The third kappa shape index (κ3) is 3.61. The van der Waals surface area contributed by atoms with Gasteiger partial charge < -0.3 is 20.3 Å². The Bertz CT molecular complexity index is 890. The Labute approximate surface area is 148 Å². The highest BCUT2D eigenvalue weighted by Gasteiger charge is 2.17. The van der Waals surface area contributed by atoms with Crippen LogP contribution in [0, 0.1) is 6.92 Å². The van der Waals surface area contributed by atoms with Gasteiger partial charge in [-0.25, -0.2) is 4.68 Å². The predicted molar refractivity (Wildman–Crippen MR) is 95.0 cm³/mol. The molecule has 0 saturated heterocycles. The Morgan fingerprint density at radius 2 is 2.16 bits per heavy atom. The van der Waals surface area contributed by atoms with Gasteiger partial charge in [-0.2, -0.15) is 0 Å². The zero-order valence-electron chi connectivity index (χ0n) is 13.7. The van der Waals surface area contributed by atoms with Crippen molar-refractivity contribution in [3.8, 4) is 17.1 Å². The molecule has 130 valence electrons. The number of hydrogen-bond acceptors (Lipinski definition) is 7. The number of nitrogens with two attached hydrogens (primary N) is 1. The summed E-state index contributed by atoms with van der Waals surface area (Å²) in [6.07, 6.45) is 1.56. The van der Waals surface area contributed by atoms with Gasteiger partial charge in [-0.3, -0.25) is 4.79 Å². The van der Waals surface area contributed by atoms with Gasteiger partial charge in [-0.05, 0) is 25.1 Å². The van der Waals surface area contributed by atoms with Crippen molar-refractivity contribution in [2.24, 2.45) is 0 Å². The molecule has 9 heteroatoms. The zero-order chi connectivity index (χ0) is 17.8. The third-order valence-corrected chi connectivity index (χ3v) is 4.42. The monoisotopic (exact) mass is 359 g/mol. The molecule has 2 heterocycles. The fraction of sp³-hybridized carbons (Fsp3) is 0.188. The Balaban J connectivity index is 1.65. The van der Waals surface area contributed by atoms with Crippen molar-refractivity contribution in [2.75, 3.05) is 24.0 Å². The van der Waals surface area contributed by atoms with Crippen molar-refractivity contribution in [1.29, 1.82) is 0 Å². The number of carbonyl (C=O) groups is 1. The van der Waals surface area contributed by atoms with E-state index in [1.807, 2.05) is 19.1 Å². The fourth-order valence-electron chi connectivity index (χ4n) is 2.24. The number of benzene rings is 1. The van der Waals surface area contributed by atoms with Crippen LogP contribution in [0.4, 0.5) is 5.69 Å². The number of aryl methyl sites for hydroxylation is 1. The highest BCUT2D eigenvalue weighted by atomic mass is 32.2. The molecule has 0 atom stereocenters. The number of nitrogen functional groups attached to an aromatic ring is 1. The van der Waals surface area contributed by atoms with Crippen LogP contribution in [-0.4, -0.2) is 33.6 Å². The molecule has 0 aliphatic carbocycles. The smallest absolute Gasteiger partial charge is 0.234 e. The van der Waals surface area contributed by atoms with E-state index in [2.05, 4.69) is 15.5 Å². The Kier molecular flexibility index (Phi) is 4.94. The second-order valence-electron chi connectivity index (χ2n) is 5.10. The maximum absolute atomic E-state index is 12.2. The largest absolute Gasteiger partial charge is 0.495 e. The topological polar surface area (TPSA) is 108 Å². The van der Waals surface area contributed by atoms with E-state index in [0.717, 1.165) is 5.56 Å². The molecule has 3 N–H and O–H groups in total. The van der Waals surface area contributed by atoms with Crippen LogP contribution < -0.4 is 15.9 Å². The van der Waals surface area contributed by atoms with Crippen molar-refractivity contribution in [3.63, 3.8) is 0 Å². The first kappa shape index (κ1) is 16.9. The number of hydrogen-bond donors (Lipinski definition) is 2. The van der Waals surface area contributed by atoms with Crippen LogP contribution in [0.5, 0.6) is 5.75 Å². The average molecular weight is 359 g/mol. The summed E-state index contributed by atoms with van der Waals surface area (Å²) >= 11 is 1.19. The Hall–Kier alpha value is -2.94. The molecule has 1 amide bonds. The number of nitrogens with zero attached hydrogens (tertiary/aromatic N) is 3. The van der Waals surface area contributed by atoms with Crippen LogP contribution in [-0.2, 0) is 4.79 Å². The molecule has 0 saturated carbocycles. The lowest BCUT2D eigenvalue weighted by Gasteiger charge is -2.09. The van der Waals surface area contributed by atoms with Crippen LogP contribution in [0.25, 0.3) is 11.4 Å². The molecular formula is C16H17N5O3S. The summed E-state index contributed by atoms with van der Waals surface area (Å²) in [5, 5.41) is 11.3. The van der Waals surface area contributed by atoms with Crippen molar-refractivity contribution in [1.82, 2.24) is 14.9 Å². The van der Waals surface area contributed by atoms with E-state index in [1.54, 1.807) is 31.6 Å². The van der Waals surface area contributed by atoms with E-state index in [1.165, 1.54) is 16.4 Å². The van der Waals surface area contributed by atoms with E-state index in [9.17, 15) is 4.79 Å². The molecule has 1 aromatic carbocycles. The lowest BCUT2D eigenvalue weighted by molar-refractivity contribution is -0.113. The fourth-order valence-corrected chi connectivity index (χ4v) is 2.90. The molecular weight excluding hydrogens is 342 g/mol. The van der Waals surface area contributed by atoms with Crippen molar-refractivity contribution in [3.05, 3.63) is 42.4 Å². The van der Waals surface area contributed by atoms with E-state index in [4.69, 9.17) is 15.0 Å². The highest BCUT2D eigenvalue weighted by molar-refractivity contribution is 7.99. The predicted octanol–water partition coefficient (Wildman–Crippen LogP) is 2.30. The van der Waals surface area contributed by atoms with Crippen molar-refractivity contribution < 1.29 is 13.9 Å². The van der Waals surface area contributed by atoms with Crippen LogP contribution in [0.1, 0.15) is 5.76 Å². The molecule has 0 fully saturated rings. The summed E-state index contributed by atoms with van der Waals surface area (Å²) in [5.41, 5.74) is 1.37. The number of amides is 1. The first-order chi connectivity index (χ1) is 12.1. The van der Waals surface area contributed by atoms with E-state index >= 15 is 0 Å². The minimum Gasteiger partial charge on any atom is -0.495 e. The normalized spacial score (nSPS) is 10.6. The summed E-state index contributed by atoms with van der Waals surface area (Å²) in [4.78, 5) is 12.2. The van der Waals surface area contributed by atoms with Gasteiger partial charge in [0.15, 0.2) is 5.82 Å². The molecule has 0 unspecified atom stereocenters. The maximum Gasteiger partial charge on any atom is 0.234 e. The summed E-state index contributed by atoms with van der Waals surface area (Å²) < 4.78 is 11.8. The first-order valence-corrected chi connectivity index (χ1v) is 8.39. The number of ether oxygens (including phenoxy) is 1. The van der Waals surface area contributed by atoms with Gasteiger partial charge in [-0.15, -0.1) is 10.2 Å². The van der Waals surface area contributed by atoms with Gasteiger partial charge >= 0.3 is 0 Å². The number of nitrogens with one attached hydrogen (secondary N) is 1. The minimum absolute atomic E-state index is 0.137. The van der Waals surface area contributed by atoms with Gasteiger partial charge in [0.2, 0.25) is 11.1 Å². The van der Waals surface area contributed by atoms with Gasteiger partial charge in [0, 0.05) is 0 Å². The Morgan fingerprint density at radius 3 is 2.88 bits per heavy atom. The molecule has 3 rings (SSSR count). The summed E-state index contributed by atoms with van der Waals surface area (Å²) in [7, 11) is 1.55. The molecule has 3 aromatic rings. The molecule has 0 radical (unpaired) electrons. The van der Waals surface area contributed by atoms with Crippen molar-refractivity contribution in [2.45, 2.75) is 12.1 Å². The number of anilines is 1. The van der Waals surface area contributed by atoms with Crippen LogP contribution >= 0.6 is 11.8 Å². The minimum atomic E-state index is -0.196. The van der Waals surface area contributed by atoms with Gasteiger partial charge in [0.1, 0.15) is 11.5 Å². The number of aromatic nitrogens is 3. The number of methoxy groups -OCH3 is 1. The van der Waals surface area contributed by atoms with Crippen LogP contribution in [0.2, 0.25) is 0 Å². The van der Waals surface area contributed by atoms with E-state index in [-0.39, 0.29) is 11.7 Å². The molecule has 8 nitrogen and oxygen atoms in total. The Morgan fingerprint density at radius 1 is 1.36 bits per heavy atom. The number of carbonyl (C=O) groups excluding carboxylic acids is 1. The molecule has 0 aliphatic heterocycles. The summed E-state index contributed by atoms with van der Waals surface area (Å²) in [6.45, 7) is 1.82. The van der Waals surface area contributed by atoms with Crippen LogP contribution in [0.3, 0.4) is 0 Å². The number of rotatable bonds is 6. The molecule has 2 aromatic heterocycles. The lowest BCUT2D eigenvalue weighted by Crippen LogP contribution is -2.16. The van der Waals surface area contributed by atoms with E-state index < -0.39 is 0 Å². The molecule has 0 bridgehead atoms. The average Bonchev–Trinajstić information content (AvgIpc) is 3.19. The lowest BCUT2D eigenvalue weighted by atomic mass is 10.2. The summed E-state index contributed by atoms with van der Waals surface area (Å²) in [6, 6.07) is 8.97. The molecule has 0 aliphatic rings. The molecule has 25 heavy (non-hydrogen) atoms. The first-order valence-electron chi connectivity index (χ1n) is 7.40.